The Hall–Kier alpha value is -0.500. The van der Waals surface area contributed by atoms with E-state index in [1.54, 1.807) is 6.92 Å². The molecule has 0 unspecified atom stereocenters. The van der Waals surface area contributed by atoms with Crippen molar-refractivity contribution in [3.8, 4) is 0 Å². The molecule has 0 spiro atoms. The third kappa shape index (κ3) is 4.02. The fourth-order valence-electron chi connectivity index (χ4n) is 1.22. The van der Waals surface area contributed by atoms with Gasteiger partial charge in [-0.15, -0.1) is 0 Å². The highest BCUT2D eigenvalue weighted by Crippen LogP contribution is 2.27. The van der Waals surface area contributed by atoms with Crippen LogP contribution in [0.25, 0.3) is 0 Å². The second-order valence-corrected chi connectivity index (χ2v) is 4.61. The normalized spacial score (nSPS) is 10.7. The second-order valence-electron chi connectivity index (χ2n) is 3.09. The molecule has 0 aliphatic rings. The molecule has 0 aromatic carbocycles. The first-order valence-corrected chi connectivity index (χ1v) is 6.20. The highest BCUT2D eigenvalue weighted by Gasteiger charge is 2.19. The molecular formula is C10H9ClF2INO2. The maximum atomic E-state index is 12.7. The predicted molar refractivity (Wildman–Crippen MR) is 67.3 cm³/mol. The molecule has 0 bridgehead atoms. The van der Waals surface area contributed by atoms with Crippen molar-refractivity contribution in [1.82, 2.24) is 4.98 Å². The maximum absolute atomic E-state index is 12.7. The van der Waals surface area contributed by atoms with Crippen LogP contribution < -0.4 is 0 Å². The van der Waals surface area contributed by atoms with E-state index < -0.39 is 18.1 Å². The number of carbonyl (C=O) groups is 1. The summed E-state index contributed by atoms with van der Waals surface area (Å²) in [6.07, 6.45) is -3.00. The first kappa shape index (κ1) is 14.6. The van der Waals surface area contributed by atoms with Crippen molar-refractivity contribution in [2.24, 2.45) is 0 Å². The number of hydrogen-bond acceptors (Lipinski definition) is 3. The third-order valence-corrected chi connectivity index (χ3v) is 3.32. The molecule has 0 N–H and O–H groups in total. The number of ether oxygens (including phenoxy) is 1. The van der Waals surface area contributed by atoms with Gasteiger partial charge in [0.2, 0.25) is 0 Å². The molecule has 1 heterocycles. The lowest BCUT2D eigenvalue weighted by atomic mass is 10.1. The lowest BCUT2D eigenvalue weighted by Crippen LogP contribution is -2.11. The smallest absolute Gasteiger partial charge is 0.310 e. The quantitative estimate of drug-likeness (QED) is 0.460. The van der Waals surface area contributed by atoms with E-state index in [9.17, 15) is 13.6 Å². The van der Waals surface area contributed by atoms with Gasteiger partial charge in [0.1, 0.15) is 10.8 Å². The van der Waals surface area contributed by atoms with E-state index in [4.69, 9.17) is 16.3 Å². The van der Waals surface area contributed by atoms with E-state index in [-0.39, 0.29) is 23.7 Å². The highest BCUT2D eigenvalue weighted by atomic mass is 127. The standard InChI is InChI=1S/C10H9ClF2INO2/c1-2-17-7(16)4-5-3-6(14)9(11)15-8(5)10(12)13/h3,10H,2,4H2,1H3. The molecule has 0 atom stereocenters. The molecule has 0 radical (unpaired) electrons. The predicted octanol–water partition coefficient (Wildman–Crippen LogP) is 3.38. The van der Waals surface area contributed by atoms with Gasteiger partial charge in [0.25, 0.3) is 6.43 Å². The zero-order chi connectivity index (χ0) is 13.0. The Bertz CT molecular complexity index is 429. The summed E-state index contributed by atoms with van der Waals surface area (Å²) in [6, 6.07) is 1.42. The van der Waals surface area contributed by atoms with Crippen molar-refractivity contribution in [1.29, 1.82) is 0 Å². The molecule has 1 aromatic heterocycles. The minimum absolute atomic E-state index is 0.00788. The molecule has 0 saturated carbocycles. The molecular weight excluding hydrogens is 366 g/mol. The Labute approximate surface area is 116 Å². The van der Waals surface area contributed by atoms with Crippen molar-refractivity contribution in [3.05, 3.63) is 26.0 Å². The van der Waals surface area contributed by atoms with Crippen molar-refractivity contribution in [2.75, 3.05) is 6.61 Å². The molecule has 1 aromatic rings. The largest absolute Gasteiger partial charge is 0.466 e. The maximum Gasteiger partial charge on any atom is 0.310 e. The van der Waals surface area contributed by atoms with Gasteiger partial charge in [0, 0.05) is 0 Å². The van der Waals surface area contributed by atoms with E-state index in [1.807, 2.05) is 22.6 Å². The number of nitrogens with zero attached hydrogens (tertiary/aromatic N) is 1. The zero-order valence-corrected chi connectivity index (χ0v) is 11.8. The van der Waals surface area contributed by atoms with Crippen LogP contribution in [0, 0.1) is 3.57 Å². The topological polar surface area (TPSA) is 39.2 Å². The van der Waals surface area contributed by atoms with Crippen molar-refractivity contribution < 1.29 is 18.3 Å². The number of carbonyl (C=O) groups excluding carboxylic acids is 1. The SMILES string of the molecule is CCOC(=O)Cc1cc(I)c(Cl)nc1C(F)F. The van der Waals surface area contributed by atoms with Crippen LogP contribution in [0.3, 0.4) is 0 Å². The van der Waals surface area contributed by atoms with E-state index in [1.165, 1.54) is 6.07 Å². The van der Waals surface area contributed by atoms with Gasteiger partial charge in [-0.1, -0.05) is 11.6 Å². The van der Waals surface area contributed by atoms with Crippen LogP contribution in [-0.4, -0.2) is 17.6 Å². The molecule has 0 saturated heterocycles. The van der Waals surface area contributed by atoms with Crippen LogP contribution in [0.4, 0.5) is 8.78 Å². The molecule has 3 nitrogen and oxygen atoms in total. The van der Waals surface area contributed by atoms with Crippen molar-refractivity contribution >= 4 is 40.2 Å². The summed E-state index contributed by atoms with van der Waals surface area (Å²) in [7, 11) is 0. The molecule has 94 valence electrons. The summed E-state index contributed by atoms with van der Waals surface area (Å²) < 4.78 is 30.6. The molecule has 0 aliphatic carbocycles. The van der Waals surface area contributed by atoms with E-state index in [0.29, 0.717) is 3.57 Å². The number of rotatable bonds is 4. The van der Waals surface area contributed by atoms with Gasteiger partial charge < -0.3 is 4.74 Å². The fourth-order valence-corrected chi connectivity index (χ4v) is 1.86. The summed E-state index contributed by atoms with van der Waals surface area (Å²) in [5, 5.41) is 0.00788. The Morgan fingerprint density at radius 2 is 2.29 bits per heavy atom. The molecule has 1 rings (SSSR count). The lowest BCUT2D eigenvalue weighted by Gasteiger charge is -2.09. The molecule has 0 fully saturated rings. The minimum atomic E-state index is -2.77. The van der Waals surface area contributed by atoms with E-state index in [0.717, 1.165) is 0 Å². The first-order valence-electron chi connectivity index (χ1n) is 4.74. The number of esters is 1. The Morgan fingerprint density at radius 1 is 1.65 bits per heavy atom. The van der Waals surface area contributed by atoms with E-state index >= 15 is 0 Å². The van der Waals surface area contributed by atoms with Gasteiger partial charge >= 0.3 is 5.97 Å². The van der Waals surface area contributed by atoms with Crippen LogP contribution >= 0.6 is 34.2 Å². The monoisotopic (exact) mass is 375 g/mol. The Balaban J connectivity index is 3.04. The summed E-state index contributed by atoms with van der Waals surface area (Å²) in [5.41, 5.74) is -0.323. The van der Waals surface area contributed by atoms with E-state index in [2.05, 4.69) is 4.98 Å². The van der Waals surface area contributed by atoms with Gasteiger partial charge in [0.15, 0.2) is 0 Å². The van der Waals surface area contributed by atoms with Gasteiger partial charge in [0.05, 0.1) is 16.6 Å². The number of alkyl halides is 2. The second kappa shape index (κ2) is 6.44. The lowest BCUT2D eigenvalue weighted by molar-refractivity contribution is -0.142. The molecule has 7 heteroatoms. The number of hydrogen-bond donors (Lipinski definition) is 0. The van der Waals surface area contributed by atoms with Crippen molar-refractivity contribution in [3.63, 3.8) is 0 Å². The summed E-state index contributed by atoms with van der Waals surface area (Å²) in [6.45, 7) is 1.86. The highest BCUT2D eigenvalue weighted by molar-refractivity contribution is 14.1. The van der Waals surface area contributed by atoms with Crippen LogP contribution in [0.2, 0.25) is 5.15 Å². The molecule has 0 amide bonds. The first-order chi connectivity index (χ1) is 7.95. The zero-order valence-electron chi connectivity index (χ0n) is 8.84. The summed E-state index contributed by atoms with van der Waals surface area (Å²) in [4.78, 5) is 14.8. The van der Waals surface area contributed by atoms with Crippen LogP contribution in [0.1, 0.15) is 24.6 Å². The Morgan fingerprint density at radius 3 is 2.82 bits per heavy atom. The number of pyridine rings is 1. The summed E-state index contributed by atoms with van der Waals surface area (Å²) >= 11 is 7.53. The Kier molecular flexibility index (Phi) is 5.51. The van der Waals surface area contributed by atoms with Gasteiger partial charge in [-0.3, -0.25) is 4.79 Å². The fraction of sp³-hybridized carbons (Fsp3) is 0.400. The average Bonchev–Trinajstić information content (AvgIpc) is 2.23. The van der Waals surface area contributed by atoms with Crippen LogP contribution in [0.15, 0.2) is 6.07 Å². The van der Waals surface area contributed by atoms with Crippen LogP contribution in [0.5, 0.6) is 0 Å². The average molecular weight is 376 g/mol. The molecule has 17 heavy (non-hydrogen) atoms. The van der Waals surface area contributed by atoms with Crippen molar-refractivity contribution in [2.45, 2.75) is 19.8 Å². The number of aromatic nitrogens is 1. The number of halogens is 4. The minimum Gasteiger partial charge on any atom is -0.466 e. The third-order valence-electron chi connectivity index (χ3n) is 1.89. The summed E-state index contributed by atoms with van der Waals surface area (Å²) in [5.74, 6) is -0.561. The molecule has 0 aliphatic heterocycles. The van der Waals surface area contributed by atoms with Gasteiger partial charge in [-0.25, -0.2) is 13.8 Å². The van der Waals surface area contributed by atoms with Crippen LogP contribution in [-0.2, 0) is 16.0 Å². The van der Waals surface area contributed by atoms with Gasteiger partial charge in [-0.05, 0) is 41.1 Å². The van der Waals surface area contributed by atoms with Gasteiger partial charge in [-0.2, -0.15) is 0 Å².